The molecule has 3 aromatic rings. The molecule has 190 valence electrons. The van der Waals surface area contributed by atoms with E-state index in [4.69, 9.17) is 0 Å². The number of hydrogen-bond acceptors (Lipinski definition) is 8. The first-order valence-electron chi connectivity index (χ1n) is 11.5. The zero-order valence-electron chi connectivity index (χ0n) is 20.9. The van der Waals surface area contributed by atoms with Crippen LogP contribution in [0.25, 0.3) is 17.0 Å². The highest BCUT2D eigenvalue weighted by Crippen LogP contribution is 2.25. The predicted octanol–water partition coefficient (Wildman–Crippen LogP) is 2.63. The van der Waals surface area contributed by atoms with Crippen LogP contribution < -0.4 is 16.0 Å². The van der Waals surface area contributed by atoms with Gasteiger partial charge in [-0.05, 0) is 59.7 Å². The number of amides is 1. The largest absolute Gasteiger partial charge is 0.389 e. The summed E-state index contributed by atoms with van der Waals surface area (Å²) in [6, 6.07) is 5.31. The van der Waals surface area contributed by atoms with E-state index in [1.54, 1.807) is 42.8 Å². The molecule has 10 nitrogen and oxygen atoms in total. The van der Waals surface area contributed by atoms with Gasteiger partial charge in [0.1, 0.15) is 17.7 Å². The van der Waals surface area contributed by atoms with E-state index in [2.05, 4.69) is 31.0 Å². The minimum Gasteiger partial charge on any atom is -0.389 e. The Balaban J connectivity index is 1.92. The van der Waals surface area contributed by atoms with Crippen molar-refractivity contribution in [1.82, 2.24) is 24.9 Å². The highest BCUT2D eigenvalue weighted by atomic mass is 19.1. The lowest BCUT2D eigenvalue weighted by Gasteiger charge is -2.23. The Labute approximate surface area is 204 Å². The highest BCUT2D eigenvalue weighted by Gasteiger charge is 2.27. The Morgan fingerprint density at radius 1 is 1.14 bits per heavy atom. The maximum absolute atomic E-state index is 14.1. The Hall–Kier alpha value is -3.31. The van der Waals surface area contributed by atoms with Gasteiger partial charge in [-0.2, -0.15) is 0 Å². The molecule has 1 amide bonds. The van der Waals surface area contributed by atoms with Crippen molar-refractivity contribution in [3.05, 3.63) is 36.2 Å². The van der Waals surface area contributed by atoms with Crippen LogP contribution in [0.4, 0.5) is 15.9 Å². The van der Waals surface area contributed by atoms with E-state index in [1.165, 1.54) is 20.0 Å². The zero-order chi connectivity index (χ0) is 26.0. The predicted molar refractivity (Wildman–Crippen MR) is 133 cm³/mol. The molecule has 0 spiro atoms. The summed E-state index contributed by atoms with van der Waals surface area (Å²) >= 11 is 0. The number of fused-ring (bicyclic) bond motifs is 1. The molecule has 5 N–H and O–H groups in total. The average Bonchev–Trinajstić information content (AvgIpc) is 3.17. The molecule has 3 aromatic heterocycles. The number of carbonyl (C=O) groups excluding carboxylic acids is 1. The summed E-state index contributed by atoms with van der Waals surface area (Å²) in [6.07, 6.45) is 1.44. The van der Waals surface area contributed by atoms with Crippen molar-refractivity contribution in [3.8, 4) is 11.4 Å². The molecule has 0 saturated heterocycles. The van der Waals surface area contributed by atoms with Crippen LogP contribution in [-0.4, -0.2) is 72.2 Å². The van der Waals surface area contributed by atoms with Crippen molar-refractivity contribution in [3.63, 3.8) is 0 Å². The molecule has 0 aromatic carbocycles. The van der Waals surface area contributed by atoms with Crippen LogP contribution in [0.2, 0.25) is 0 Å². The van der Waals surface area contributed by atoms with Gasteiger partial charge in [-0.15, -0.1) is 5.10 Å². The van der Waals surface area contributed by atoms with Gasteiger partial charge in [-0.3, -0.25) is 9.78 Å². The maximum Gasteiger partial charge on any atom is 0.255 e. The number of anilines is 2. The van der Waals surface area contributed by atoms with Crippen LogP contribution in [-0.2, 0) is 0 Å². The molecule has 0 fully saturated rings. The van der Waals surface area contributed by atoms with Gasteiger partial charge in [0.2, 0.25) is 0 Å². The molecule has 1 atom stereocenters. The van der Waals surface area contributed by atoms with Crippen LogP contribution in [0.15, 0.2) is 30.6 Å². The summed E-state index contributed by atoms with van der Waals surface area (Å²) in [5.74, 6) is 0.0523. The van der Waals surface area contributed by atoms with E-state index in [0.29, 0.717) is 35.1 Å². The summed E-state index contributed by atoms with van der Waals surface area (Å²) in [6.45, 7) is 9.95. The van der Waals surface area contributed by atoms with Crippen molar-refractivity contribution in [2.45, 2.75) is 65.0 Å². The minimum absolute atomic E-state index is 0.0139. The molecule has 0 unspecified atom stereocenters. The third kappa shape index (κ3) is 6.86. The number of hydrogen-bond donors (Lipinski definition) is 5. The number of carbonyl (C=O) groups is 1. The molecule has 3 heterocycles. The van der Waals surface area contributed by atoms with Gasteiger partial charge in [0.25, 0.3) is 5.91 Å². The molecular weight excluding hydrogens is 453 g/mol. The van der Waals surface area contributed by atoms with Crippen LogP contribution in [0, 0.1) is 0 Å². The number of alkyl halides is 1. The van der Waals surface area contributed by atoms with Crippen molar-refractivity contribution in [2.75, 3.05) is 23.7 Å². The van der Waals surface area contributed by atoms with Gasteiger partial charge in [0.15, 0.2) is 5.65 Å². The molecule has 3 rings (SSSR count). The van der Waals surface area contributed by atoms with Crippen LogP contribution in [0.3, 0.4) is 0 Å². The molecule has 0 aliphatic heterocycles. The smallest absolute Gasteiger partial charge is 0.255 e. The average molecular weight is 488 g/mol. The lowest BCUT2D eigenvalue weighted by molar-refractivity contribution is -0.00177. The normalized spacial score (nSPS) is 13.2. The number of halogens is 1. The second-order valence-corrected chi connectivity index (χ2v) is 10.0. The summed E-state index contributed by atoms with van der Waals surface area (Å²) in [5.41, 5.74) is 0.0496. The standard InChI is InChI=1S/C24H34FN7O3/c1-14(2)30-16-9-17(26-10-15(16)22(33)28-12-19(25)24(5,6)35)18-11-27-21-8-7-20(31-32(18)21)29-13-23(3,4)34/h7-11,14,19,34-35H,12-13H2,1-6H3,(H,26,30)(H,28,33)(H,29,31)/t19-/m1/s1. The molecule has 0 aliphatic carbocycles. The zero-order valence-corrected chi connectivity index (χ0v) is 20.9. The number of nitrogens with zero attached hydrogens (tertiary/aromatic N) is 4. The quantitative estimate of drug-likeness (QED) is 0.294. The topological polar surface area (TPSA) is 137 Å². The Morgan fingerprint density at radius 3 is 2.49 bits per heavy atom. The number of pyridine rings is 1. The molecule has 11 heteroatoms. The van der Waals surface area contributed by atoms with Gasteiger partial charge in [-0.25, -0.2) is 13.9 Å². The van der Waals surface area contributed by atoms with Gasteiger partial charge in [0, 0.05) is 18.8 Å². The number of rotatable bonds is 10. The second kappa shape index (κ2) is 10.1. The van der Waals surface area contributed by atoms with E-state index in [9.17, 15) is 19.4 Å². The lowest BCUT2D eigenvalue weighted by atomic mass is 10.0. The van der Waals surface area contributed by atoms with Crippen molar-refractivity contribution < 1.29 is 19.4 Å². The fourth-order valence-electron chi connectivity index (χ4n) is 3.18. The summed E-state index contributed by atoms with van der Waals surface area (Å²) in [7, 11) is 0. The Kier molecular flexibility index (Phi) is 7.61. The fraction of sp³-hybridized carbons (Fsp3) is 0.500. The molecule has 0 bridgehead atoms. The molecular formula is C24H34FN7O3. The van der Waals surface area contributed by atoms with Crippen molar-refractivity contribution in [2.24, 2.45) is 0 Å². The highest BCUT2D eigenvalue weighted by molar-refractivity contribution is 6.00. The first-order chi connectivity index (χ1) is 16.2. The van der Waals surface area contributed by atoms with E-state index in [-0.39, 0.29) is 18.2 Å². The van der Waals surface area contributed by atoms with Gasteiger partial charge >= 0.3 is 0 Å². The minimum atomic E-state index is -1.62. The van der Waals surface area contributed by atoms with E-state index < -0.39 is 23.3 Å². The SMILES string of the molecule is CC(C)Nc1cc(-c2cnc3ccc(NCC(C)(C)O)nn23)ncc1C(=O)NC[C@@H](F)C(C)(C)O. The Morgan fingerprint density at radius 2 is 1.86 bits per heavy atom. The number of nitrogens with one attached hydrogen (secondary N) is 3. The van der Waals surface area contributed by atoms with Crippen LogP contribution in [0.1, 0.15) is 51.9 Å². The monoisotopic (exact) mass is 487 g/mol. The molecule has 0 saturated carbocycles. The maximum atomic E-state index is 14.1. The van der Waals surface area contributed by atoms with E-state index >= 15 is 0 Å². The summed E-state index contributed by atoms with van der Waals surface area (Å²) < 4.78 is 15.7. The fourth-order valence-corrected chi connectivity index (χ4v) is 3.18. The van der Waals surface area contributed by atoms with Gasteiger partial charge in [0.05, 0.1) is 40.9 Å². The number of aromatic nitrogens is 4. The summed E-state index contributed by atoms with van der Waals surface area (Å²) in [4.78, 5) is 21.6. The molecule has 0 aliphatic rings. The van der Waals surface area contributed by atoms with Crippen molar-refractivity contribution >= 4 is 23.1 Å². The first-order valence-corrected chi connectivity index (χ1v) is 11.5. The lowest BCUT2D eigenvalue weighted by Crippen LogP contribution is -2.42. The third-order valence-corrected chi connectivity index (χ3v) is 5.13. The van der Waals surface area contributed by atoms with E-state index in [1.807, 2.05) is 13.8 Å². The number of aliphatic hydroxyl groups is 2. The summed E-state index contributed by atoms with van der Waals surface area (Å²) in [5, 5.41) is 33.2. The Bertz CT molecular complexity index is 1180. The van der Waals surface area contributed by atoms with Crippen LogP contribution >= 0.6 is 0 Å². The first kappa shape index (κ1) is 26.3. The third-order valence-electron chi connectivity index (χ3n) is 5.13. The number of imidazole rings is 1. The van der Waals surface area contributed by atoms with Crippen LogP contribution in [0.5, 0.6) is 0 Å². The molecule has 0 radical (unpaired) electrons. The van der Waals surface area contributed by atoms with E-state index in [0.717, 1.165) is 0 Å². The second-order valence-electron chi connectivity index (χ2n) is 10.0. The van der Waals surface area contributed by atoms with Crippen molar-refractivity contribution in [1.29, 1.82) is 0 Å². The van der Waals surface area contributed by atoms with Gasteiger partial charge < -0.3 is 26.2 Å². The van der Waals surface area contributed by atoms with Gasteiger partial charge in [-0.1, -0.05) is 0 Å². The molecule has 35 heavy (non-hydrogen) atoms.